The summed E-state index contributed by atoms with van der Waals surface area (Å²) in [5.74, 6) is 0. The van der Waals surface area contributed by atoms with Crippen LogP contribution in [-0.4, -0.2) is 4.98 Å². The number of unbranched alkanes of at least 4 members (excludes halogenated alkanes) is 2. The van der Waals surface area contributed by atoms with Crippen LogP contribution in [0.2, 0.25) is 0 Å². The van der Waals surface area contributed by atoms with E-state index < -0.39 is 0 Å². The molecule has 3 heteroatoms. The Morgan fingerprint density at radius 3 is 1.86 bits per heavy atom. The number of nitrogens with one attached hydrogen (secondary N) is 1. The van der Waals surface area contributed by atoms with Crippen molar-refractivity contribution in [3.05, 3.63) is 105 Å². The van der Waals surface area contributed by atoms with Crippen molar-refractivity contribution in [2.75, 3.05) is 5.32 Å². The summed E-state index contributed by atoms with van der Waals surface area (Å²) in [6.45, 7) is 6.68. The number of hydrogen-bond donors (Lipinski definition) is 1. The second-order valence-electron chi connectivity index (χ2n) is 9.34. The molecule has 0 saturated carbocycles. The molecule has 35 heavy (non-hydrogen) atoms. The van der Waals surface area contributed by atoms with E-state index in [0.717, 1.165) is 35.7 Å². The fourth-order valence-corrected chi connectivity index (χ4v) is 5.23. The lowest BCUT2D eigenvalue weighted by atomic mass is 10.0. The molecule has 1 aromatic heterocycles. The Balaban J connectivity index is 1.60. The van der Waals surface area contributed by atoms with Gasteiger partial charge in [-0.25, -0.2) is 4.98 Å². The summed E-state index contributed by atoms with van der Waals surface area (Å²) in [4.78, 5) is 5.09. The normalized spacial score (nSPS) is 12.0. The minimum Gasteiger partial charge on any atom is -0.372 e. The van der Waals surface area contributed by atoms with Crippen LogP contribution in [0, 0.1) is 0 Å². The number of aromatic nitrogens is 1. The fraction of sp³-hybridized carbons (Fsp3) is 0.344. The van der Waals surface area contributed by atoms with Crippen molar-refractivity contribution in [2.45, 2.75) is 71.8 Å². The lowest BCUT2D eigenvalue weighted by Gasteiger charge is -2.19. The van der Waals surface area contributed by atoms with Crippen LogP contribution in [0.4, 0.5) is 5.69 Å². The topological polar surface area (TPSA) is 24.9 Å². The highest BCUT2D eigenvalue weighted by Gasteiger charge is 2.19. The molecule has 0 aliphatic heterocycles. The monoisotopic (exact) mass is 482 g/mol. The van der Waals surface area contributed by atoms with E-state index >= 15 is 0 Å². The van der Waals surface area contributed by atoms with Crippen molar-refractivity contribution < 1.29 is 0 Å². The highest BCUT2D eigenvalue weighted by Crippen LogP contribution is 2.32. The first-order valence-electron chi connectivity index (χ1n) is 13.2. The quantitative estimate of drug-likeness (QED) is 0.218. The van der Waals surface area contributed by atoms with Gasteiger partial charge in [0.2, 0.25) is 0 Å². The zero-order valence-corrected chi connectivity index (χ0v) is 22.2. The molecule has 1 N–H and O–H groups in total. The van der Waals surface area contributed by atoms with Gasteiger partial charge in [0.25, 0.3) is 0 Å². The molecule has 4 aromatic rings. The smallest absolute Gasteiger partial charge is 0.120 e. The van der Waals surface area contributed by atoms with Crippen LogP contribution in [-0.2, 0) is 19.3 Å². The molecule has 4 rings (SSSR count). The number of thiazole rings is 1. The van der Waals surface area contributed by atoms with Gasteiger partial charge >= 0.3 is 0 Å². The Hall–Kier alpha value is -2.91. The molecule has 3 aromatic carbocycles. The van der Waals surface area contributed by atoms with Crippen LogP contribution in [0.5, 0.6) is 0 Å². The van der Waals surface area contributed by atoms with Gasteiger partial charge in [-0.2, -0.15) is 0 Å². The number of aryl methyl sites for hydroxylation is 3. The molecule has 1 heterocycles. The van der Waals surface area contributed by atoms with Crippen LogP contribution < -0.4 is 5.32 Å². The zero-order valence-electron chi connectivity index (χ0n) is 21.4. The first-order chi connectivity index (χ1) is 17.2. The third-order valence-corrected chi connectivity index (χ3v) is 7.55. The molecule has 0 amide bonds. The maximum atomic E-state index is 5.09. The van der Waals surface area contributed by atoms with Crippen LogP contribution >= 0.6 is 11.3 Å². The van der Waals surface area contributed by atoms with E-state index in [4.69, 9.17) is 4.98 Å². The maximum Gasteiger partial charge on any atom is 0.120 e. The minimum atomic E-state index is 0.0189. The molecule has 0 aliphatic carbocycles. The van der Waals surface area contributed by atoms with E-state index in [-0.39, 0.29) is 6.04 Å². The van der Waals surface area contributed by atoms with E-state index in [1.165, 1.54) is 53.5 Å². The van der Waals surface area contributed by atoms with Gasteiger partial charge in [0.15, 0.2) is 0 Å². The van der Waals surface area contributed by atoms with Crippen molar-refractivity contribution >= 4 is 17.0 Å². The van der Waals surface area contributed by atoms with Gasteiger partial charge in [-0.3, -0.25) is 0 Å². The van der Waals surface area contributed by atoms with Gasteiger partial charge in [-0.05, 0) is 66.5 Å². The highest BCUT2D eigenvalue weighted by atomic mass is 32.1. The Morgan fingerprint density at radius 1 is 0.714 bits per heavy atom. The van der Waals surface area contributed by atoms with Crippen molar-refractivity contribution in [1.82, 2.24) is 4.98 Å². The predicted octanol–water partition coefficient (Wildman–Crippen LogP) is 9.26. The van der Waals surface area contributed by atoms with Crippen molar-refractivity contribution in [1.29, 1.82) is 0 Å². The summed E-state index contributed by atoms with van der Waals surface area (Å²) in [5.41, 5.74) is 8.78. The first kappa shape index (κ1) is 25.2. The summed E-state index contributed by atoms with van der Waals surface area (Å²) >= 11 is 1.74. The van der Waals surface area contributed by atoms with Crippen molar-refractivity contribution in [2.24, 2.45) is 0 Å². The molecule has 1 unspecified atom stereocenters. The largest absolute Gasteiger partial charge is 0.372 e. The SMILES string of the molecule is CCCCc1ccc(NC(c2ccc(CCCC)cc2)c2nc(-c3ccc(CC)cc3)cs2)cc1. The van der Waals surface area contributed by atoms with Gasteiger partial charge < -0.3 is 5.32 Å². The number of anilines is 1. The van der Waals surface area contributed by atoms with Crippen molar-refractivity contribution in [3.8, 4) is 11.3 Å². The molecule has 0 radical (unpaired) electrons. The fourth-order valence-electron chi connectivity index (χ4n) is 4.32. The number of rotatable bonds is 12. The molecule has 0 spiro atoms. The average molecular weight is 483 g/mol. The zero-order chi connectivity index (χ0) is 24.5. The van der Waals surface area contributed by atoms with Crippen LogP contribution in [0.15, 0.2) is 78.2 Å². The van der Waals surface area contributed by atoms with Gasteiger partial charge in [-0.15, -0.1) is 11.3 Å². The third-order valence-electron chi connectivity index (χ3n) is 6.64. The van der Waals surface area contributed by atoms with E-state index in [2.05, 4.69) is 104 Å². The summed E-state index contributed by atoms with van der Waals surface area (Å²) in [7, 11) is 0. The second kappa shape index (κ2) is 12.7. The summed E-state index contributed by atoms with van der Waals surface area (Å²) in [6.07, 6.45) is 8.26. The van der Waals surface area contributed by atoms with Crippen LogP contribution in [0.3, 0.4) is 0 Å². The summed E-state index contributed by atoms with van der Waals surface area (Å²) < 4.78 is 0. The van der Waals surface area contributed by atoms with E-state index in [1.54, 1.807) is 11.3 Å². The van der Waals surface area contributed by atoms with E-state index in [0.29, 0.717) is 0 Å². The predicted molar refractivity (Wildman–Crippen MR) is 153 cm³/mol. The molecule has 0 fully saturated rings. The Labute approximate surface area is 215 Å². The van der Waals surface area contributed by atoms with E-state index in [9.17, 15) is 0 Å². The third kappa shape index (κ3) is 6.82. The van der Waals surface area contributed by atoms with Gasteiger partial charge in [-0.1, -0.05) is 94.3 Å². The summed E-state index contributed by atoms with van der Waals surface area (Å²) in [6, 6.07) is 26.9. The van der Waals surface area contributed by atoms with Gasteiger partial charge in [0, 0.05) is 16.6 Å². The van der Waals surface area contributed by atoms with Gasteiger partial charge in [0.05, 0.1) is 5.69 Å². The number of benzene rings is 3. The number of nitrogens with zero attached hydrogens (tertiary/aromatic N) is 1. The molecule has 182 valence electrons. The molecular formula is C32H38N2S. The Morgan fingerprint density at radius 2 is 1.29 bits per heavy atom. The second-order valence-corrected chi connectivity index (χ2v) is 10.2. The average Bonchev–Trinajstić information content (AvgIpc) is 3.40. The molecule has 0 bridgehead atoms. The lowest BCUT2D eigenvalue weighted by molar-refractivity contribution is 0.793. The van der Waals surface area contributed by atoms with E-state index in [1.807, 2.05) is 0 Å². The molecule has 0 aliphatic rings. The van der Waals surface area contributed by atoms with Crippen LogP contribution in [0.1, 0.15) is 79.8 Å². The molecular weight excluding hydrogens is 444 g/mol. The molecule has 0 saturated heterocycles. The lowest BCUT2D eigenvalue weighted by Crippen LogP contribution is -2.12. The van der Waals surface area contributed by atoms with Crippen LogP contribution in [0.25, 0.3) is 11.3 Å². The standard InChI is InChI=1S/C32H38N2S/c1-4-7-9-25-13-19-28(20-14-25)31(33-29-21-15-26(16-22-29)10-8-5-2)32-34-30(23-35-32)27-17-11-24(6-3)12-18-27/h11-23,31,33H,4-10H2,1-3H3. The number of hydrogen-bond acceptors (Lipinski definition) is 3. The van der Waals surface area contributed by atoms with Crippen molar-refractivity contribution in [3.63, 3.8) is 0 Å². The molecule has 1 atom stereocenters. The Kier molecular flexibility index (Phi) is 9.14. The molecule has 2 nitrogen and oxygen atoms in total. The summed E-state index contributed by atoms with van der Waals surface area (Å²) in [5, 5.41) is 7.07. The maximum absolute atomic E-state index is 5.09. The Bertz CT molecular complexity index is 1160. The highest BCUT2D eigenvalue weighted by molar-refractivity contribution is 7.10. The first-order valence-corrected chi connectivity index (χ1v) is 14.1. The van der Waals surface area contributed by atoms with Gasteiger partial charge in [0.1, 0.15) is 11.0 Å². The minimum absolute atomic E-state index is 0.0189.